The zero-order valence-corrected chi connectivity index (χ0v) is 12.2. The molecule has 1 saturated carbocycles. The number of thiophene rings is 1. The van der Waals surface area contributed by atoms with Crippen molar-refractivity contribution in [3.05, 3.63) is 22.4 Å². The summed E-state index contributed by atoms with van der Waals surface area (Å²) in [5.74, 6) is 0.914. The van der Waals surface area contributed by atoms with Crippen LogP contribution in [0.25, 0.3) is 0 Å². The van der Waals surface area contributed by atoms with Crippen molar-refractivity contribution < 1.29 is 5.11 Å². The van der Waals surface area contributed by atoms with Gasteiger partial charge in [-0.05, 0) is 50.0 Å². The molecule has 0 spiro atoms. The summed E-state index contributed by atoms with van der Waals surface area (Å²) in [7, 11) is 0. The third-order valence-electron chi connectivity index (χ3n) is 4.09. The van der Waals surface area contributed by atoms with E-state index in [0.29, 0.717) is 12.1 Å². The second kappa shape index (κ2) is 6.69. The second-order valence-electron chi connectivity index (χ2n) is 5.62. The standard InChI is InChI=1S/C15H25NOS/c1-3-12-6-7-13(10-12)16-11(2)9-14(17)15-5-4-8-18-15/h4-5,8,11-14,16-17H,3,6-7,9-10H2,1-2H3. The zero-order valence-electron chi connectivity index (χ0n) is 11.4. The Bertz CT molecular complexity index is 338. The summed E-state index contributed by atoms with van der Waals surface area (Å²) in [6, 6.07) is 5.08. The number of rotatable bonds is 6. The molecule has 2 N–H and O–H groups in total. The number of nitrogens with one attached hydrogen (secondary N) is 1. The molecule has 102 valence electrons. The van der Waals surface area contributed by atoms with Crippen LogP contribution in [0.1, 0.15) is 56.9 Å². The molecule has 3 heteroatoms. The van der Waals surface area contributed by atoms with Crippen molar-refractivity contribution in [1.82, 2.24) is 5.32 Å². The summed E-state index contributed by atoms with van der Waals surface area (Å²) in [4.78, 5) is 1.08. The van der Waals surface area contributed by atoms with Crippen LogP contribution < -0.4 is 5.32 Å². The van der Waals surface area contributed by atoms with Gasteiger partial charge in [0.05, 0.1) is 6.10 Å². The fourth-order valence-electron chi connectivity index (χ4n) is 3.00. The summed E-state index contributed by atoms with van der Waals surface area (Å²) < 4.78 is 0. The van der Waals surface area contributed by atoms with Crippen molar-refractivity contribution >= 4 is 11.3 Å². The number of aliphatic hydroxyl groups is 1. The van der Waals surface area contributed by atoms with Crippen LogP contribution in [0, 0.1) is 5.92 Å². The van der Waals surface area contributed by atoms with Gasteiger partial charge in [-0.1, -0.05) is 19.4 Å². The molecule has 0 saturated heterocycles. The van der Waals surface area contributed by atoms with E-state index in [4.69, 9.17) is 0 Å². The van der Waals surface area contributed by atoms with Crippen molar-refractivity contribution in [3.8, 4) is 0 Å². The lowest BCUT2D eigenvalue weighted by Gasteiger charge is -2.21. The van der Waals surface area contributed by atoms with Crippen LogP contribution in [-0.4, -0.2) is 17.2 Å². The van der Waals surface area contributed by atoms with Crippen molar-refractivity contribution in [1.29, 1.82) is 0 Å². The van der Waals surface area contributed by atoms with Crippen LogP contribution >= 0.6 is 11.3 Å². The van der Waals surface area contributed by atoms with Gasteiger partial charge in [-0.15, -0.1) is 11.3 Å². The molecule has 0 amide bonds. The van der Waals surface area contributed by atoms with Gasteiger partial charge in [0.1, 0.15) is 0 Å². The SMILES string of the molecule is CCC1CCC(NC(C)CC(O)c2cccs2)C1. The highest BCUT2D eigenvalue weighted by Crippen LogP contribution is 2.29. The van der Waals surface area contributed by atoms with Crippen molar-refractivity contribution in [2.75, 3.05) is 0 Å². The normalized spacial score (nSPS) is 27.3. The highest BCUT2D eigenvalue weighted by molar-refractivity contribution is 7.10. The van der Waals surface area contributed by atoms with E-state index in [0.717, 1.165) is 17.2 Å². The monoisotopic (exact) mass is 267 g/mol. The summed E-state index contributed by atoms with van der Waals surface area (Å²) in [6.45, 7) is 4.48. The van der Waals surface area contributed by atoms with Crippen LogP contribution in [-0.2, 0) is 0 Å². The van der Waals surface area contributed by atoms with Crippen LogP contribution in [0.3, 0.4) is 0 Å². The lowest BCUT2D eigenvalue weighted by atomic mass is 10.0. The van der Waals surface area contributed by atoms with E-state index in [9.17, 15) is 5.11 Å². The molecular formula is C15H25NOS. The Morgan fingerprint density at radius 3 is 2.94 bits per heavy atom. The number of hydrogen-bond donors (Lipinski definition) is 2. The van der Waals surface area contributed by atoms with Crippen LogP contribution in [0.5, 0.6) is 0 Å². The van der Waals surface area contributed by atoms with Gasteiger partial charge in [0, 0.05) is 17.0 Å². The van der Waals surface area contributed by atoms with Gasteiger partial charge < -0.3 is 10.4 Å². The Morgan fingerprint density at radius 2 is 2.33 bits per heavy atom. The molecule has 0 radical (unpaired) electrons. The molecule has 4 atom stereocenters. The first-order valence-electron chi connectivity index (χ1n) is 7.16. The molecule has 1 aliphatic carbocycles. The first-order valence-corrected chi connectivity index (χ1v) is 8.04. The lowest BCUT2D eigenvalue weighted by Crippen LogP contribution is -2.35. The molecule has 0 bridgehead atoms. The van der Waals surface area contributed by atoms with E-state index in [-0.39, 0.29) is 6.10 Å². The highest BCUT2D eigenvalue weighted by atomic mass is 32.1. The maximum absolute atomic E-state index is 10.1. The first-order chi connectivity index (χ1) is 8.69. The molecule has 1 aliphatic rings. The summed E-state index contributed by atoms with van der Waals surface area (Å²) >= 11 is 1.64. The molecule has 18 heavy (non-hydrogen) atoms. The molecule has 2 nitrogen and oxygen atoms in total. The Balaban J connectivity index is 1.74. The van der Waals surface area contributed by atoms with Gasteiger partial charge in [0.25, 0.3) is 0 Å². The quantitative estimate of drug-likeness (QED) is 0.823. The lowest BCUT2D eigenvalue weighted by molar-refractivity contribution is 0.155. The van der Waals surface area contributed by atoms with E-state index >= 15 is 0 Å². The Kier molecular flexibility index (Phi) is 5.22. The molecule has 1 fully saturated rings. The molecule has 1 aromatic heterocycles. The van der Waals surface area contributed by atoms with Gasteiger partial charge in [0.15, 0.2) is 0 Å². The zero-order chi connectivity index (χ0) is 13.0. The maximum atomic E-state index is 10.1. The third-order valence-corrected chi connectivity index (χ3v) is 5.06. The first kappa shape index (κ1) is 14.0. The van der Waals surface area contributed by atoms with Gasteiger partial charge in [-0.25, -0.2) is 0 Å². The van der Waals surface area contributed by atoms with E-state index in [1.54, 1.807) is 11.3 Å². The van der Waals surface area contributed by atoms with Gasteiger partial charge in [0.2, 0.25) is 0 Å². The van der Waals surface area contributed by atoms with E-state index < -0.39 is 0 Å². The largest absolute Gasteiger partial charge is 0.388 e. The topological polar surface area (TPSA) is 32.3 Å². The minimum absolute atomic E-state index is 0.309. The highest BCUT2D eigenvalue weighted by Gasteiger charge is 2.25. The molecule has 0 aromatic carbocycles. The predicted molar refractivity (Wildman–Crippen MR) is 77.9 cm³/mol. The van der Waals surface area contributed by atoms with Crippen LogP contribution in [0.15, 0.2) is 17.5 Å². The summed E-state index contributed by atoms with van der Waals surface area (Å²) in [5.41, 5.74) is 0. The van der Waals surface area contributed by atoms with Crippen LogP contribution in [0.4, 0.5) is 0 Å². The minimum Gasteiger partial charge on any atom is -0.388 e. The predicted octanol–water partition coefficient (Wildman–Crippen LogP) is 3.73. The maximum Gasteiger partial charge on any atom is 0.0896 e. The Hall–Kier alpha value is -0.380. The molecule has 1 heterocycles. The molecular weight excluding hydrogens is 242 g/mol. The fraction of sp³-hybridized carbons (Fsp3) is 0.733. The fourth-order valence-corrected chi connectivity index (χ4v) is 3.72. The third kappa shape index (κ3) is 3.81. The molecule has 1 aromatic rings. The smallest absolute Gasteiger partial charge is 0.0896 e. The average molecular weight is 267 g/mol. The number of aliphatic hydroxyl groups excluding tert-OH is 1. The van der Waals surface area contributed by atoms with Crippen molar-refractivity contribution in [2.45, 2.75) is 64.1 Å². The minimum atomic E-state index is -0.309. The van der Waals surface area contributed by atoms with Gasteiger partial charge >= 0.3 is 0 Å². The summed E-state index contributed by atoms with van der Waals surface area (Å²) in [5, 5.41) is 15.8. The van der Waals surface area contributed by atoms with Crippen molar-refractivity contribution in [3.63, 3.8) is 0 Å². The van der Waals surface area contributed by atoms with Gasteiger partial charge in [-0.3, -0.25) is 0 Å². The van der Waals surface area contributed by atoms with E-state index in [1.807, 2.05) is 17.5 Å². The average Bonchev–Trinajstić information content (AvgIpc) is 2.98. The van der Waals surface area contributed by atoms with Gasteiger partial charge in [-0.2, -0.15) is 0 Å². The molecule has 2 rings (SSSR count). The van der Waals surface area contributed by atoms with Crippen LogP contribution in [0.2, 0.25) is 0 Å². The molecule has 4 unspecified atom stereocenters. The number of hydrogen-bond acceptors (Lipinski definition) is 3. The Labute approximate surface area is 114 Å². The second-order valence-corrected chi connectivity index (χ2v) is 6.60. The molecule has 0 aliphatic heterocycles. The van der Waals surface area contributed by atoms with E-state index in [2.05, 4.69) is 19.2 Å². The van der Waals surface area contributed by atoms with Crippen molar-refractivity contribution in [2.24, 2.45) is 5.92 Å². The Morgan fingerprint density at radius 1 is 1.50 bits per heavy atom. The summed E-state index contributed by atoms with van der Waals surface area (Å²) in [6.07, 6.45) is 5.80. The van der Waals surface area contributed by atoms with E-state index in [1.165, 1.54) is 25.7 Å².